The van der Waals surface area contributed by atoms with Gasteiger partial charge in [-0.1, -0.05) is 31.0 Å². The second kappa shape index (κ2) is 8.31. The first-order valence-electron chi connectivity index (χ1n) is 10.3. The Morgan fingerprint density at radius 1 is 1.21 bits per heavy atom. The molecule has 1 saturated heterocycles. The van der Waals surface area contributed by atoms with Crippen LogP contribution >= 0.6 is 0 Å². The molecule has 4 rings (SSSR count). The number of hydrogen-bond acceptors (Lipinski definition) is 3. The summed E-state index contributed by atoms with van der Waals surface area (Å²) in [6, 6.07) is 12.3. The van der Waals surface area contributed by atoms with Gasteiger partial charge in [0, 0.05) is 31.1 Å². The highest BCUT2D eigenvalue weighted by molar-refractivity contribution is 5.89. The van der Waals surface area contributed by atoms with Crippen molar-refractivity contribution in [3.05, 3.63) is 65.7 Å². The molecule has 152 valence electrons. The fraction of sp³-hybridized carbons (Fsp3) is 0.435. The molecule has 1 saturated carbocycles. The summed E-state index contributed by atoms with van der Waals surface area (Å²) < 4.78 is 13.8. The lowest BCUT2D eigenvalue weighted by Gasteiger charge is -2.30. The summed E-state index contributed by atoms with van der Waals surface area (Å²) in [5.41, 5.74) is 1.56. The number of amides is 2. The van der Waals surface area contributed by atoms with Crippen molar-refractivity contribution in [2.45, 2.75) is 44.1 Å². The van der Waals surface area contributed by atoms with Crippen LogP contribution in [0.2, 0.25) is 0 Å². The minimum Gasteiger partial charge on any atom is -0.355 e. The van der Waals surface area contributed by atoms with Crippen LogP contribution in [0.25, 0.3) is 0 Å². The summed E-state index contributed by atoms with van der Waals surface area (Å²) >= 11 is 0. The molecule has 2 aromatic rings. The lowest BCUT2D eigenvalue weighted by Crippen LogP contribution is -2.42. The van der Waals surface area contributed by atoms with Crippen molar-refractivity contribution in [2.75, 3.05) is 13.1 Å². The molecule has 1 aliphatic carbocycles. The van der Waals surface area contributed by atoms with Crippen molar-refractivity contribution in [3.63, 3.8) is 0 Å². The average molecular weight is 395 g/mol. The normalized spacial score (nSPS) is 20.8. The molecule has 1 aromatic heterocycles. The van der Waals surface area contributed by atoms with E-state index >= 15 is 0 Å². The molecule has 0 radical (unpaired) electrons. The predicted molar refractivity (Wildman–Crippen MR) is 107 cm³/mol. The number of hydrogen-bond donors (Lipinski definition) is 1. The van der Waals surface area contributed by atoms with Crippen LogP contribution in [0.5, 0.6) is 0 Å². The van der Waals surface area contributed by atoms with Crippen molar-refractivity contribution in [2.24, 2.45) is 5.92 Å². The molecule has 1 aromatic carbocycles. The smallest absolute Gasteiger partial charge is 0.225 e. The molecule has 1 atom stereocenters. The molecule has 2 aliphatic rings. The van der Waals surface area contributed by atoms with Crippen LogP contribution < -0.4 is 5.32 Å². The number of nitrogens with one attached hydrogen (secondary N) is 1. The van der Waals surface area contributed by atoms with Gasteiger partial charge in [-0.15, -0.1) is 0 Å². The van der Waals surface area contributed by atoms with Gasteiger partial charge in [-0.25, -0.2) is 4.39 Å². The molecule has 0 unspecified atom stereocenters. The number of nitrogens with zero attached hydrogens (tertiary/aromatic N) is 2. The number of carbonyl (C=O) groups excluding carboxylic acids is 2. The number of benzene rings is 1. The minimum atomic E-state index is -0.350. The van der Waals surface area contributed by atoms with Crippen LogP contribution in [0.15, 0.2) is 48.7 Å². The van der Waals surface area contributed by atoms with E-state index in [4.69, 9.17) is 0 Å². The maximum absolute atomic E-state index is 13.8. The van der Waals surface area contributed by atoms with Gasteiger partial charge in [0.2, 0.25) is 11.8 Å². The third-order valence-corrected chi connectivity index (χ3v) is 6.26. The van der Waals surface area contributed by atoms with Gasteiger partial charge in [-0.2, -0.15) is 0 Å². The Morgan fingerprint density at radius 3 is 2.76 bits per heavy atom. The van der Waals surface area contributed by atoms with E-state index in [1.54, 1.807) is 23.2 Å². The van der Waals surface area contributed by atoms with Gasteiger partial charge in [0.15, 0.2) is 0 Å². The number of likely N-dealkylation sites (tertiary alicyclic amines) is 1. The van der Waals surface area contributed by atoms with Crippen molar-refractivity contribution in [3.8, 4) is 0 Å². The van der Waals surface area contributed by atoms with Gasteiger partial charge >= 0.3 is 0 Å². The second-order valence-corrected chi connectivity index (χ2v) is 8.21. The Balaban J connectivity index is 1.38. The van der Waals surface area contributed by atoms with Gasteiger partial charge < -0.3 is 10.2 Å². The highest BCUT2D eigenvalue weighted by Crippen LogP contribution is 2.41. The van der Waals surface area contributed by atoms with Crippen LogP contribution in [-0.4, -0.2) is 34.8 Å². The Labute approximate surface area is 170 Å². The maximum atomic E-state index is 13.8. The van der Waals surface area contributed by atoms with E-state index in [1.165, 1.54) is 6.07 Å². The Bertz CT molecular complexity index is 881. The van der Waals surface area contributed by atoms with Gasteiger partial charge in [0.1, 0.15) is 5.82 Å². The molecule has 6 heteroatoms. The number of aromatic nitrogens is 1. The van der Waals surface area contributed by atoms with E-state index in [-0.39, 0.29) is 35.4 Å². The number of rotatable bonds is 6. The summed E-state index contributed by atoms with van der Waals surface area (Å²) in [5, 5.41) is 3.07. The molecule has 1 aliphatic heterocycles. The summed E-state index contributed by atoms with van der Waals surface area (Å²) in [7, 11) is 0. The highest BCUT2D eigenvalue weighted by Gasteiger charge is 2.39. The molecule has 0 bridgehead atoms. The Morgan fingerprint density at radius 2 is 2.03 bits per heavy atom. The van der Waals surface area contributed by atoms with Crippen molar-refractivity contribution in [1.82, 2.24) is 15.2 Å². The Hall–Kier alpha value is -2.76. The molecule has 29 heavy (non-hydrogen) atoms. The fourth-order valence-electron chi connectivity index (χ4n) is 4.63. The lowest BCUT2D eigenvalue weighted by atomic mass is 9.78. The van der Waals surface area contributed by atoms with E-state index < -0.39 is 0 Å². The van der Waals surface area contributed by atoms with Crippen molar-refractivity contribution < 1.29 is 14.0 Å². The van der Waals surface area contributed by atoms with E-state index in [9.17, 15) is 14.0 Å². The summed E-state index contributed by atoms with van der Waals surface area (Å²) in [6.07, 6.45) is 5.95. The lowest BCUT2D eigenvalue weighted by molar-refractivity contribution is -0.129. The van der Waals surface area contributed by atoms with Crippen LogP contribution in [0.1, 0.15) is 43.4 Å². The first kappa shape index (κ1) is 19.6. The van der Waals surface area contributed by atoms with Crippen LogP contribution in [0, 0.1) is 11.7 Å². The van der Waals surface area contributed by atoms with Crippen molar-refractivity contribution in [1.29, 1.82) is 0 Å². The van der Waals surface area contributed by atoms with E-state index in [0.29, 0.717) is 19.6 Å². The average Bonchev–Trinajstić information content (AvgIpc) is 3.35. The summed E-state index contributed by atoms with van der Waals surface area (Å²) in [4.78, 5) is 31.1. The molecule has 5 nitrogen and oxygen atoms in total. The second-order valence-electron chi connectivity index (χ2n) is 8.21. The van der Waals surface area contributed by atoms with Gasteiger partial charge in [-0.05, 0) is 42.7 Å². The number of carbonyl (C=O) groups is 2. The van der Waals surface area contributed by atoms with Crippen LogP contribution in [0.3, 0.4) is 0 Å². The topological polar surface area (TPSA) is 62.3 Å². The quantitative estimate of drug-likeness (QED) is 0.817. The van der Waals surface area contributed by atoms with Gasteiger partial charge in [-0.3, -0.25) is 14.6 Å². The van der Waals surface area contributed by atoms with Gasteiger partial charge in [0.25, 0.3) is 0 Å². The number of halogens is 1. The summed E-state index contributed by atoms with van der Waals surface area (Å²) in [6.45, 7) is 1.32. The first-order chi connectivity index (χ1) is 14.1. The zero-order valence-electron chi connectivity index (χ0n) is 16.4. The minimum absolute atomic E-state index is 0.0171. The van der Waals surface area contributed by atoms with Gasteiger partial charge in [0.05, 0.1) is 18.2 Å². The largest absolute Gasteiger partial charge is 0.355 e. The third kappa shape index (κ3) is 4.31. The summed E-state index contributed by atoms with van der Waals surface area (Å²) in [5.74, 6) is -0.704. The monoisotopic (exact) mass is 395 g/mol. The number of pyridine rings is 1. The maximum Gasteiger partial charge on any atom is 0.225 e. The Kier molecular flexibility index (Phi) is 5.60. The predicted octanol–water partition coefficient (Wildman–Crippen LogP) is 3.20. The third-order valence-electron chi connectivity index (χ3n) is 6.26. The highest BCUT2D eigenvalue weighted by atomic mass is 19.1. The SMILES string of the molecule is O=C(NCC1(c2cccc(F)c2)CCCC1)[C@H]1CC(=O)N(Cc2ccccn2)C1. The molecule has 2 heterocycles. The standard InChI is InChI=1S/C23H26FN3O2/c24-19-7-5-6-18(13-19)23(9-2-3-10-23)16-26-22(29)17-12-21(28)27(14-17)15-20-8-1-4-11-25-20/h1,4-8,11,13,17H,2-3,9-10,12,14-16H2,(H,26,29)/t17-/m0/s1. The molecule has 0 spiro atoms. The molecule has 2 fully saturated rings. The molecular weight excluding hydrogens is 369 g/mol. The van der Waals surface area contributed by atoms with Crippen LogP contribution in [0.4, 0.5) is 4.39 Å². The van der Waals surface area contributed by atoms with E-state index in [1.807, 2.05) is 24.3 Å². The zero-order chi connectivity index (χ0) is 20.3. The first-order valence-corrected chi connectivity index (χ1v) is 10.3. The molecule has 1 N–H and O–H groups in total. The van der Waals surface area contributed by atoms with Crippen LogP contribution in [-0.2, 0) is 21.5 Å². The molecule has 2 amide bonds. The van der Waals surface area contributed by atoms with E-state index in [0.717, 1.165) is 36.9 Å². The fourth-order valence-corrected chi connectivity index (χ4v) is 4.63. The molecular formula is C23H26FN3O2. The van der Waals surface area contributed by atoms with E-state index in [2.05, 4.69) is 10.3 Å². The zero-order valence-corrected chi connectivity index (χ0v) is 16.4. The van der Waals surface area contributed by atoms with Crippen molar-refractivity contribution >= 4 is 11.8 Å².